The van der Waals surface area contributed by atoms with Crippen LogP contribution in [0, 0.1) is 0 Å². The van der Waals surface area contributed by atoms with Gasteiger partial charge in [-0.2, -0.15) is 0 Å². The largest absolute Gasteiger partial charge is 0.386 e. The zero-order chi connectivity index (χ0) is 17.3. The van der Waals surface area contributed by atoms with Crippen molar-refractivity contribution in [2.45, 2.75) is 18.9 Å². The minimum Gasteiger partial charge on any atom is -0.386 e. The van der Waals surface area contributed by atoms with Crippen LogP contribution in [0.2, 0.25) is 0 Å². The number of aromatic nitrogens is 1. The number of hydrogen-bond acceptors (Lipinski definition) is 4. The monoisotopic (exact) mass is 329 g/mol. The molecular weight excluding hydrogens is 310 g/mol. The lowest BCUT2D eigenvalue weighted by Gasteiger charge is -2.15. The van der Waals surface area contributed by atoms with E-state index in [4.69, 9.17) is 0 Å². The first-order chi connectivity index (χ1) is 11.5. The van der Waals surface area contributed by atoms with Gasteiger partial charge >= 0.3 is 0 Å². The zero-order valence-electron chi connectivity index (χ0n) is 13.4. The minimum atomic E-state index is -0.870. The Morgan fingerprint density at radius 2 is 1.92 bits per heavy atom. The molecule has 0 aliphatic carbocycles. The second-order valence-electron chi connectivity index (χ2n) is 5.91. The van der Waals surface area contributed by atoms with E-state index in [2.05, 4.69) is 5.32 Å². The van der Waals surface area contributed by atoms with E-state index in [9.17, 15) is 19.5 Å². The highest BCUT2D eigenvalue weighted by atomic mass is 16.3. The molecule has 2 aromatic rings. The molecule has 1 atom stereocenters. The average molecular weight is 329 g/mol. The van der Waals surface area contributed by atoms with E-state index in [1.54, 1.807) is 0 Å². The van der Waals surface area contributed by atoms with E-state index in [1.165, 1.54) is 0 Å². The third kappa shape index (κ3) is 3.03. The number of nitrogens with zero attached hydrogens (tertiary/aromatic N) is 2. The van der Waals surface area contributed by atoms with Gasteiger partial charge in [0.1, 0.15) is 6.54 Å². The molecule has 2 N–H and O–H groups in total. The summed E-state index contributed by atoms with van der Waals surface area (Å²) in [6, 6.07) is 7.68. The first kappa shape index (κ1) is 16.2. The molecule has 1 aliphatic rings. The first-order valence-corrected chi connectivity index (χ1v) is 7.79. The van der Waals surface area contributed by atoms with Gasteiger partial charge in [-0.05, 0) is 6.07 Å². The van der Waals surface area contributed by atoms with Crippen LogP contribution in [0.15, 0.2) is 30.5 Å². The predicted octanol–water partition coefficient (Wildman–Crippen LogP) is 0.477. The number of hydrogen-bond donors (Lipinski definition) is 2. The van der Waals surface area contributed by atoms with Gasteiger partial charge < -0.3 is 15.0 Å². The number of para-hydroxylation sites is 1. The highest BCUT2D eigenvalue weighted by Gasteiger charge is 2.30. The number of rotatable bonds is 5. The summed E-state index contributed by atoms with van der Waals surface area (Å²) >= 11 is 0. The van der Waals surface area contributed by atoms with Crippen molar-refractivity contribution in [3.05, 3.63) is 36.0 Å². The fourth-order valence-electron chi connectivity index (χ4n) is 2.96. The van der Waals surface area contributed by atoms with E-state index in [0.717, 1.165) is 21.4 Å². The van der Waals surface area contributed by atoms with Crippen LogP contribution < -0.4 is 5.32 Å². The summed E-state index contributed by atoms with van der Waals surface area (Å²) in [6.07, 6.45) is 1.27. The van der Waals surface area contributed by atoms with E-state index >= 15 is 0 Å². The Morgan fingerprint density at radius 1 is 1.25 bits per heavy atom. The number of imide groups is 1. The van der Waals surface area contributed by atoms with Crippen LogP contribution in [0.3, 0.4) is 0 Å². The molecule has 1 aromatic heterocycles. The Labute approximate surface area is 138 Å². The van der Waals surface area contributed by atoms with Crippen molar-refractivity contribution < 1.29 is 19.5 Å². The molecule has 126 valence electrons. The fraction of sp³-hybridized carbons (Fsp3) is 0.353. The number of carbonyl (C=O) groups excluding carboxylic acids is 3. The third-order valence-electron chi connectivity index (χ3n) is 4.24. The van der Waals surface area contributed by atoms with Gasteiger partial charge in [-0.3, -0.25) is 19.3 Å². The van der Waals surface area contributed by atoms with Gasteiger partial charge in [-0.1, -0.05) is 18.2 Å². The molecule has 0 spiro atoms. The van der Waals surface area contributed by atoms with Gasteiger partial charge in [0.2, 0.25) is 17.7 Å². The van der Waals surface area contributed by atoms with Crippen molar-refractivity contribution in [2.75, 3.05) is 13.1 Å². The molecule has 1 saturated heterocycles. The molecule has 3 rings (SSSR count). The molecule has 7 heteroatoms. The van der Waals surface area contributed by atoms with Crippen molar-refractivity contribution in [3.63, 3.8) is 0 Å². The second kappa shape index (κ2) is 6.45. The van der Waals surface area contributed by atoms with E-state index in [-0.39, 0.29) is 37.7 Å². The summed E-state index contributed by atoms with van der Waals surface area (Å²) < 4.78 is 1.91. The summed E-state index contributed by atoms with van der Waals surface area (Å²) in [6.45, 7) is -0.275. The van der Waals surface area contributed by atoms with Crippen LogP contribution in [0.1, 0.15) is 24.5 Å². The molecule has 0 unspecified atom stereocenters. The predicted molar refractivity (Wildman–Crippen MR) is 86.8 cm³/mol. The lowest BCUT2D eigenvalue weighted by molar-refractivity contribution is -0.142. The van der Waals surface area contributed by atoms with Gasteiger partial charge in [-0.25, -0.2) is 0 Å². The number of aryl methyl sites for hydroxylation is 1. The maximum Gasteiger partial charge on any atom is 0.240 e. The number of nitrogens with one attached hydrogen (secondary N) is 1. The Balaban J connectivity index is 1.62. The van der Waals surface area contributed by atoms with Crippen LogP contribution in [-0.2, 0) is 21.4 Å². The Morgan fingerprint density at radius 3 is 2.62 bits per heavy atom. The van der Waals surface area contributed by atoms with Crippen molar-refractivity contribution in [1.82, 2.24) is 14.8 Å². The van der Waals surface area contributed by atoms with E-state index in [1.807, 2.05) is 42.1 Å². The maximum atomic E-state index is 11.9. The molecule has 7 nitrogen and oxygen atoms in total. The minimum absolute atomic E-state index is 0.0169. The number of amides is 3. The standard InChI is InChI=1S/C17H19N3O4/c1-19-9-12(11-4-2-3-5-13(11)19)14(21)8-18-15(22)10-20-16(23)6-7-17(20)24/h2-5,9,14,21H,6-8,10H2,1H3,(H,18,22)/t14-/m0/s1. The van der Waals surface area contributed by atoms with Gasteiger partial charge in [0.25, 0.3) is 0 Å². The maximum absolute atomic E-state index is 11.9. The summed E-state index contributed by atoms with van der Waals surface area (Å²) in [4.78, 5) is 35.9. The SMILES string of the molecule is Cn1cc([C@@H](O)CNC(=O)CN2C(=O)CCC2=O)c2ccccc21. The van der Waals surface area contributed by atoms with E-state index < -0.39 is 12.0 Å². The number of likely N-dealkylation sites (tertiary alicyclic amines) is 1. The van der Waals surface area contributed by atoms with E-state index in [0.29, 0.717) is 0 Å². The van der Waals surface area contributed by atoms with Gasteiger partial charge in [0.05, 0.1) is 6.10 Å². The molecule has 0 saturated carbocycles. The Kier molecular flexibility index (Phi) is 4.35. The average Bonchev–Trinajstić information content (AvgIpc) is 3.07. The Bertz CT molecular complexity index is 795. The lowest BCUT2D eigenvalue weighted by Crippen LogP contribution is -2.41. The molecule has 2 heterocycles. The summed E-state index contributed by atoms with van der Waals surface area (Å²) in [5.41, 5.74) is 1.72. The highest BCUT2D eigenvalue weighted by Crippen LogP contribution is 2.25. The van der Waals surface area contributed by atoms with Crippen molar-refractivity contribution in [2.24, 2.45) is 7.05 Å². The quantitative estimate of drug-likeness (QED) is 0.781. The highest BCUT2D eigenvalue weighted by molar-refractivity contribution is 6.04. The second-order valence-corrected chi connectivity index (χ2v) is 5.91. The first-order valence-electron chi connectivity index (χ1n) is 7.79. The molecule has 0 bridgehead atoms. The number of carbonyl (C=O) groups is 3. The zero-order valence-corrected chi connectivity index (χ0v) is 13.4. The summed E-state index contributed by atoms with van der Waals surface area (Å²) in [5.74, 6) is -1.12. The molecular formula is C17H19N3O4. The van der Waals surface area contributed by atoms with Crippen LogP contribution in [0.4, 0.5) is 0 Å². The normalized spacial score (nSPS) is 16.0. The van der Waals surface area contributed by atoms with Gasteiger partial charge in [-0.15, -0.1) is 0 Å². The Hall–Kier alpha value is -2.67. The lowest BCUT2D eigenvalue weighted by atomic mass is 10.1. The number of benzene rings is 1. The number of aliphatic hydroxyl groups is 1. The van der Waals surface area contributed by atoms with Crippen molar-refractivity contribution in [1.29, 1.82) is 0 Å². The summed E-state index contributed by atoms with van der Waals surface area (Å²) in [7, 11) is 1.89. The topological polar surface area (TPSA) is 91.6 Å². The van der Waals surface area contributed by atoms with Gasteiger partial charge in [0.15, 0.2) is 0 Å². The van der Waals surface area contributed by atoms with Crippen LogP contribution >= 0.6 is 0 Å². The van der Waals surface area contributed by atoms with Crippen molar-refractivity contribution >= 4 is 28.6 Å². The molecule has 1 aromatic carbocycles. The number of fused-ring (bicyclic) bond motifs is 1. The molecule has 24 heavy (non-hydrogen) atoms. The van der Waals surface area contributed by atoms with Gasteiger partial charge in [0, 0.05) is 49.1 Å². The molecule has 1 aliphatic heterocycles. The molecule has 0 radical (unpaired) electrons. The third-order valence-corrected chi connectivity index (χ3v) is 4.24. The van der Waals surface area contributed by atoms with Crippen molar-refractivity contribution in [3.8, 4) is 0 Å². The van der Waals surface area contributed by atoms with Crippen LogP contribution in [-0.4, -0.2) is 45.4 Å². The fourth-order valence-corrected chi connectivity index (χ4v) is 2.96. The molecule has 3 amide bonds. The molecule has 1 fully saturated rings. The summed E-state index contributed by atoms with van der Waals surface area (Å²) in [5, 5.41) is 13.9. The number of aliphatic hydroxyl groups excluding tert-OH is 1. The van der Waals surface area contributed by atoms with Crippen LogP contribution in [0.25, 0.3) is 10.9 Å². The smallest absolute Gasteiger partial charge is 0.240 e. The van der Waals surface area contributed by atoms with Crippen LogP contribution in [0.5, 0.6) is 0 Å².